The molecule has 0 bridgehead atoms. The first-order valence-electron chi connectivity index (χ1n) is 7.80. The molecule has 1 aliphatic rings. The van der Waals surface area contributed by atoms with E-state index in [1.54, 1.807) is 0 Å². The van der Waals surface area contributed by atoms with Crippen LogP contribution in [0.5, 0.6) is 0 Å². The Morgan fingerprint density at radius 2 is 1.90 bits per heavy atom. The largest absolute Gasteiger partial charge is 0.399 e. The number of nitrogens with zero attached hydrogens (tertiary/aromatic N) is 2. The van der Waals surface area contributed by atoms with E-state index in [1.165, 1.54) is 43.4 Å². The zero-order valence-corrected chi connectivity index (χ0v) is 12.8. The molecule has 0 amide bonds. The first kappa shape index (κ1) is 13.5. The Morgan fingerprint density at radius 1 is 1.20 bits per heavy atom. The fourth-order valence-electron chi connectivity index (χ4n) is 3.61. The van der Waals surface area contributed by atoms with Gasteiger partial charge in [-0.25, -0.2) is 4.98 Å². The van der Waals surface area contributed by atoms with Gasteiger partial charge in [0, 0.05) is 17.1 Å². The maximum absolute atomic E-state index is 5.92. The van der Waals surface area contributed by atoms with Crippen molar-refractivity contribution in [2.45, 2.75) is 64.3 Å². The van der Waals surface area contributed by atoms with E-state index in [9.17, 15) is 0 Å². The predicted octanol–water partition coefficient (Wildman–Crippen LogP) is 4.42. The fourth-order valence-corrected chi connectivity index (χ4v) is 3.61. The van der Waals surface area contributed by atoms with Gasteiger partial charge in [-0.3, -0.25) is 0 Å². The van der Waals surface area contributed by atoms with E-state index in [-0.39, 0.29) is 5.54 Å². The molecule has 2 aromatic rings. The summed E-state index contributed by atoms with van der Waals surface area (Å²) in [6.07, 6.45) is 6.52. The van der Waals surface area contributed by atoms with Gasteiger partial charge in [-0.2, -0.15) is 0 Å². The lowest BCUT2D eigenvalue weighted by Gasteiger charge is -2.37. The van der Waals surface area contributed by atoms with Gasteiger partial charge < -0.3 is 10.3 Å². The topological polar surface area (TPSA) is 43.8 Å². The number of imidazole rings is 1. The number of nitrogens with two attached hydrogens (primary N) is 1. The summed E-state index contributed by atoms with van der Waals surface area (Å²) in [4.78, 5) is 4.88. The van der Waals surface area contributed by atoms with Crippen LogP contribution >= 0.6 is 0 Å². The third-order valence-corrected chi connectivity index (χ3v) is 4.69. The highest BCUT2D eigenvalue weighted by molar-refractivity contribution is 5.80. The Kier molecular flexibility index (Phi) is 3.23. The van der Waals surface area contributed by atoms with E-state index in [2.05, 4.69) is 31.4 Å². The van der Waals surface area contributed by atoms with Crippen LogP contribution < -0.4 is 5.73 Å². The van der Waals surface area contributed by atoms with Crippen LogP contribution in [0.3, 0.4) is 0 Å². The van der Waals surface area contributed by atoms with Crippen LogP contribution in [0.25, 0.3) is 11.0 Å². The molecule has 3 rings (SSSR count). The number of hydrogen-bond acceptors (Lipinski definition) is 2. The number of rotatable bonds is 2. The summed E-state index contributed by atoms with van der Waals surface area (Å²) in [7, 11) is 0. The number of anilines is 1. The summed E-state index contributed by atoms with van der Waals surface area (Å²) < 4.78 is 2.51. The molecule has 20 heavy (non-hydrogen) atoms. The third-order valence-electron chi connectivity index (χ3n) is 4.69. The first-order valence-corrected chi connectivity index (χ1v) is 7.80. The minimum atomic E-state index is 0.211. The van der Waals surface area contributed by atoms with Crippen molar-refractivity contribution in [3.8, 4) is 0 Å². The number of aromatic nitrogens is 2. The van der Waals surface area contributed by atoms with Crippen molar-refractivity contribution in [3.63, 3.8) is 0 Å². The van der Waals surface area contributed by atoms with Gasteiger partial charge in [-0.15, -0.1) is 0 Å². The first-order chi connectivity index (χ1) is 9.51. The highest BCUT2D eigenvalue weighted by atomic mass is 15.1. The molecule has 0 unspecified atom stereocenters. The molecule has 2 N–H and O–H groups in total. The minimum Gasteiger partial charge on any atom is -0.399 e. The molecule has 3 heteroatoms. The van der Waals surface area contributed by atoms with E-state index >= 15 is 0 Å². The maximum Gasteiger partial charge on any atom is 0.112 e. The van der Waals surface area contributed by atoms with E-state index in [0.717, 1.165) is 11.2 Å². The van der Waals surface area contributed by atoms with Gasteiger partial charge >= 0.3 is 0 Å². The van der Waals surface area contributed by atoms with Gasteiger partial charge in [0.15, 0.2) is 0 Å². The second-order valence-corrected chi connectivity index (χ2v) is 6.77. The van der Waals surface area contributed by atoms with Crippen molar-refractivity contribution < 1.29 is 0 Å². The zero-order chi connectivity index (χ0) is 14.3. The van der Waals surface area contributed by atoms with E-state index < -0.39 is 0 Å². The molecule has 1 saturated carbocycles. The predicted molar refractivity (Wildman–Crippen MR) is 85.0 cm³/mol. The van der Waals surface area contributed by atoms with Gasteiger partial charge in [0.05, 0.1) is 11.0 Å². The van der Waals surface area contributed by atoms with Gasteiger partial charge in [-0.1, -0.05) is 33.1 Å². The number of nitrogen functional groups attached to an aromatic ring is 1. The lowest BCUT2D eigenvalue weighted by molar-refractivity contribution is 0.217. The third kappa shape index (κ3) is 2.09. The van der Waals surface area contributed by atoms with Gasteiger partial charge in [0.25, 0.3) is 0 Å². The summed E-state index contributed by atoms with van der Waals surface area (Å²) in [5.41, 5.74) is 9.21. The van der Waals surface area contributed by atoms with Crippen molar-refractivity contribution in [2.24, 2.45) is 0 Å². The highest BCUT2D eigenvalue weighted by Crippen LogP contribution is 2.39. The van der Waals surface area contributed by atoms with Crippen LogP contribution in [-0.2, 0) is 5.54 Å². The van der Waals surface area contributed by atoms with E-state index in [4.69, 9.17) is 10.7 Å². The number of benzene rings is 1. The summed E-state index contributed by atoms with van der Waals surface area (Å²) in [6, 6.07) is 6.14. The Balaban J connectivity index is 2.23. The van der Waals surface area contributed by atoms with Crippen molar-refractivity contribution >= 4 is 16.7 Å². The summed E-state index contributed by atoms with van der Waals surface area (Å²) in [5, 5.41) is 0. The summed E-state index contributed by atoms with van der Waals surface area (Å²) in [6.45, 7) is 6.86. The normalized spacial score (nSPS) is 18.8. The molecule has 3 nitrogen and oxygen atoms in total. The molecule has 1 aromatic heterocycles. The number of hydrogen-bond donors (Lipinski definition) is 1. The average Bonchev–Trinajstić information content (AvgIpc) is 2.79. The lowest BCUT2D eigenvalue weighted by Crippen LogP contribution is -2.34. The zero-order valence-electron chi connectivity index (χ0n) is 12.8. The van der Waals surface area contributed by atoms with Gasteiger partial charge in [0.2, 0.25) is 0 Å². The Bertz CT molecular complexity index is 618. The molecule has 1 heterocycles. The molecule has 1 aromatic carbocycles. The summed E-state index contributed by atoms with van der Waals surface area (Å²) >= 11 is 0. The Morgan fingerprint density at radius 3 is 2.55 bits per heavy atom. The molecular weight excluding hydrogens is 246 g/mol. The lowest BCUT2D eigenvalue weighted by atomic mass is 9.82. The SMILES string of the molecule is CC(C)c1nc2cc(N)ccc2n1C1(C)CCCCC1. The van der Waals surface area contributed by atoms with Crippen molar-refractivity contribution in [3.05, 3.63) is 24.0 Å². The van der Waals surface area contributed by atoms with Crippen LogP contribution in [-0.4, -0.2) is 9.55 Å². The van der Waals surface area contributed by atoms with E-state index in [0.29, 0.717) is 5.92 Å². The van der Waals surface area contributed by atoms with Crippen LogP contribution in [0.1, 0.15) is 64.6 Å². The quantitative estimate of drug-likeness (QED) is 0.822. The highest BCUT2D eigenvalue weighted by Gasteiger charge is 2.32. The van der Waals surface area contributed by atoms with Crippen molar-refractivity contribution in [1.29, 1.82) is 0 Å². The maximum atomic E-state index is 5.92. The second-order valence-electron chi connectivity index (χ2n) is 6.77. The molecule has 1 fully saturated rings. The van der Waals surface area contributed by atoms with Gasteiger partial charge in [0.1, 0.15) is 5.82 Å². The standard InChI is InChI=1S/C17H25N3/c1-12(2)16-19-14-11-13(18)7-8-15(14)20(16)17(3)9-5-4-6-10-17/h7-8,11-12H,4-6,9-10,18H2,1-3H3. The smallest absolute Gasteiger partial charge is 0.112 e. The van der Waals surface area contributed by atoms with Gasteiger partial charge in [-0.05, 0) is 38.0 Å². The molecule has 0 radical (unpaired) electrons. The van der Waals surface area contributed by atoms with Crippen LogP contribution in [0.15, 0.2) is 18.2 Å². The molecule has 0 aliphatic heterocycles. The van der Waals surface area contributed by atoms with Crippen LogP contribution in [0.4, 0.5) is 5.69 Å². The van der Waals surface area contributed by atoms with Crippen molar-refractivity contribution in [1.82, 2.24) is 9.55 Å². The average molecular weight is 271 g/mol. The minimum absolute atomic E-state index is 0.211. The molecule has 108 valence electrons. The molecule has 1 aliphatic carbocycles. The van der Waals surface area contributed by atoms with Crippen LogP contribution in [0.2, 0.25) is 0 Å². The summed E-state index contributed by atoms with van der Waals surface area (Å²) in [5.74, 6) is 1.64. The second kappa shape index (κ2) is 4.80. The Labute approximate surface area is 121 Å². The molecule has 0 atom stereocenters. The monoisotopic (exact) mass is 271 g/mol. The van der Waals surface area contributed by atoms with E-state index in [1.807, 2.05) is 12.1 Å². The molecule has 0 saturated heterocycles. The Hall–Kier alpha value is -1.51. The fraction of sp³-hybridized carbons (Fsp3) is 0.588. The van der Waals surface area contributed by atoms with Crippen molar-refractivity contribution in [2.75, 3.05) is 5.73 Å². The number of fused-ring (bicyclic) bond motifs is 1. The van der Waals surface area contributed by atoms with Crippen LogP contribution in [0, 0.1) is 0 Å². The molecular formula is C17H25N3. The molecule has 0 spiro atoms.